The molecule has 2 aromatic heterocycles. The Kier molecular flexibility index (Phi) is 5.59. The van der Waals surface area contributed by atoms with Crippen molar-refractivity contribution in [2.75, 3.05) is 11.9 Å². The quantitative estimate of drug-likeness (QED) is 0.854. The van der Waals surface area contributed by atoms with Crippen LogP contribution in [0.2, 0.25) is 5.02 Å². The van der Waals surface area contributed by atoms with Crippen molar-refractivity contribution in [1.82, 2.24) is 10.3 Å². The van der Waals surface area contributed by atoms with Crippen molar-refractivity contribution in [3.05, 3.63) is 45.2 Å². The molecule has 2 heterocycles. The van der Waals surface area contributed by atoms with Crippen LogP contribution in [0.5, 0.6) is 0 Å². The number of thiophene rings is 1. The van der Waals surface area contributed by atoms with Crippen molar-refractivity contribution >= 4 is 34.7 Å². The Morgan fingerprint density at radius 2 is 2.33 bits per heavy atom. The molecule has 2 N–H and O–H groups in total. The summed E-state index contributed by atoms with van der Waals surface area (Å²) in [6.45, 7) is 4.68. The Balaban J connectivity index is 1.98. The van der Waals surface area contributed by atoms with Crippen molar-refractivity contribution in [3.8, 4) is 0 Å². The number of carbonyl (C=O) groups excluding carboxylic acids is 1. The number of rotatable bonds is 6. The second-order valence-electron chi connectivity index (χ2n) is 4.79. The number of halogens is 1. The summed E-state index contributed by atoms with van der Waals surface area (Å²) >= 11 is 7.76. The third-order valence-electron chi connectivity index (χ3n) is 2.95. The summed E-state index contributed by atoms with van der Waals surface area (Å²) in [6, 6.07) is 3.76. The van der Waals surface area contributed by atoms with E-state index in [2.05, 4.69) is 27.1 Å². The Hall–Kier alpha value is -1.59. The Labute approximate surface area is 133 Å². The van der Waals surface area contributed by atoms with Gasteiger partial charge in [0.15, 0.2) is 0 Å². The largest absolute Gasteiger partial charge is 0.369 e. The molecule has 0 aromatic carbocycles. The van der Waals surface area contributed by atoms with Gasteiger partial charge in [-0.15, -0.1) is 0 Å². The minimum atomic E-state index is -0.157. The van der Waals surface area contributed by atoms with Crippen LogP contribution in [-0.2, 0) is 6.42 Å². The van der Waals surface area contributed by atoms with Crippen molar-refractivity contribution in [2.45, 2.75) is 26.3 Å². The minimum absolute atomic E-state index is 0.0549. The van der Waals surface area contributed by atoms with Gasteiger partial charge in [0.2, 0.25) is 0 Å². The van der Waals surface area contributed by atoms with Gasteiger partial charge in [-0.1, -0.05) is 11.6 Å². The van der Waals surface area contributed by atoms with Gasteiger partial charge >= 0.3 is 0 Å². The predicted molar refractivity (Wildman–Crippen MR) is 88.4 cm³/mol. The van der Waals surface area contributed by atoms with E-state index in [0.717, 1.165) is 13.0 Å². The maximum atomic E-state index is 12.2. The van der Waals surface area contributed by atoms with Gasteiger partial charge < -0.3 is 10.6 Å². The lowest BCUT2D eigenvalue weighted by Gasteiger charge is -2.13. The third-order valence-corrected chi connectivity index (χ3v) is 3.97. The number of amides is 1. The molecule has 6 heteroatoms. The Bertz CT molecular complexity index is 601. The maximum absolute atomic E-state index is 12.2. The first-order chi connectivity index (χ1) is 10.1. The molecule has 2 rings (SSSR count). The van der Waals surface area contributed by atoms with Gasteiger partial charge in [-0.3, -0.25) is 4.79 Å². The highest BCUT2D eigenvalue weighted by Crippen LogP contribution is 2.20. The summed E-state index contributed by atoms with van der Waals surface area (Å²) in [5.41, 5.74) is 1.70. The van der Waals surface area contributed by atoms with Crippen LogP contribution >= 0.6 is 22.9 Å². The first-order valence-electron chi connectivity index (χ1n) is 6.81. The van der Waals surface area contributed by atoms with Crippen molar-refractivity contribution < 1.29 is 4.79 Å². The standard InChI is InChI=1S/C15H18ClN3OS/c1-3-17-14-13(16)7-12(8-18-14)15(20)19-10(2)6-11-4-5-21-9-11/h4-5,7-10H,3,6H2,1-2H3,(H,17,18)(H,19,20). The molecule has 1 atom stereocenters. The van der Waals surface area contributed by atoms with Gasteiger partial charge in [0, 0.05) is 18.8 Å². The summed E-state index contributed by atoms with van der Waals surface area (Å²) in [5, 5.41) is 10.6. The summed E-state index contributed by atoms with van der Waals surface area (Å²) < 4.78 is 0. The number of hydrogen-bond donors (Lipinski definition) is 2. The van der Waals surface area contributed by atoms with Crippen molar-refractivity contribution in [3.63, 3.8) is 0 Å². The molecule has 112 valence electrons. The molecule has 21 heavy (non-hydrogen) atoms. The SMILES string of the molecule is CCNc1ncc(C(=O)NC(C)Cc2ccsc2)cc1Cl. The molecule has 2 aromatic rings. The number of anilines is 1. The van der Waals surface area contributed by atoms with Gasteiger partial charge in [-0.05, 0) is 48.7 Å². The first-order valence-corrected chi connectivity index (χ1v) is 8.13. The maximum Gasteiger partial charge on any atom is 0.253 e. The van der Waals surface area contributed by atoms with Crippen LogP contribution in [0.3, 0.4) is 0 Å². The van der Waals surface area contributed by atoms with E-state index in [4.69, 9.17) is 11.6 Å². The highest BCUT2D eigenvalue weighted by atomic mass is 35.5. The van der Waals surface area contributed by atoms with E-state index in [-0.39, 0.29) is 11.9 Å². The van der Waals surface area contributed by atoms with Crippen LogP contribution in [0.4, 0.5) is 5.82 Å². The average Bonchev–Trinajstić information content (AvgIpc) is 2.93. The van der Waals surface area contributed by atoms with Gasteiger partial charge in [0.25, 0.3) is 5.91 Å². The van der Waals surface area contributed by atoms with Crippen molar-refractivity contribution in [1.29, 1.82) is 0 Å². The number of aromatic nitrogens is 1. The van der Waals surface area contributed by atoms with Crippen LogP contribution in [0, 0.1) is 0 Å². The lowest BCUT2D eigenvalue weighted by atomic mass is 10.1. The van der Waals surface area contributed by atoms with Crippen LogP contribution in [0.15, 0.2) is 29.1 Å². The summed E-state index contributed by atoms with van der Waals surface area (Å²) in [6.07, 6.45) is 2.35. The molecule has 0 aliphatic heterocycles. The molecule has 0 spiro atoms. The fourth-order valence-electron chi connectivity index (χ4n) is 1.98. The highest BCUT2D eigenvalue weighted by Gasteiger charge is 2.13. The Morgan fingerprint density at radius 1 is 1.52 bits per heavy atom. The Morgan fingerprint density at radius 3 is 2.95 bits per heavy atom. The molecule has 0 aliphatic rings. The minimum Gasteiger partial charge on any atom is -0.369 e. The van der Waals surface area contributed by atoms with E-state index in [9.17, 15) is 4.79 Å². The zero-order valence-corrected chi connectivity index (χ0v) is 13.6. The van der Waals surface area contributed by atoms with Gasteiger partial charge in [-0.2, -0.15) is 11.3 Å². The lowest BCUT2D eigenvalue weighted by molar-refractivity contribution is 0.0940. The molecule has 4 nitrogen and oxygen atoms in total. The van der Waals surface area contributed by atoms with Crippen molar-refractivity contribution in [2.24, 2.45) is 0 Å². The van der Waals surface area contributed by atoms with E-state index in [0.29, 0.717) is 16.4 Å². The molecule has 0 radical (unpaired) electrons. The van der Waals surface area contributed by atoms with E-state index in [1.807, 2.05) is 19.2 Å². The summed E-state index contributed by atoms with van der Waals surface area (Å²) in [7, 11) is 0. The number of pyridine rings is 1. The molecule has 0 bridgehead atoms. The molecule has 0 saturated heterocycles. The normalized spacial score (nSPS) is 12.0. The topological polar surface area (TPSA) is 54.0 Å². The van der Waals surface area contributed by atoms with Gasteiger partial charge in [-0.25, -0.2) is 4.98 Å². The molecular formula is C15H18ClN3OS. The van der Waals surface area contributed by atoms with E-state index < -0.39 is 0 Å². The number of nitrogens with one attached hydrogen (secondary N) is 2. The highest BCUT2D eigenvalue weighted by molar-refractivity contribution is 7.07. The van der Waals surface area contributed by atoms with Crippen LogP contribution < -0.4 is 10.6 Å². The molecule has 1 amide bonds. The fourth-order valence-corrected chi connectivity index (χ4v) is 2.89. The van der Waals surface area contributed by atoms with Crippen LogP contribution in [-0.4, -0.2) is 23.5 Å². The second-order valence-corrected chi connectivity index (χ2v) is 5.98. The lowest BCUT2D eigenvalue weighted by Crippen LogP contribution is -2.34. The van der Waals surface area contributed by atoms with E-state index in [1.165, 1.54) is 11.8 Å². The predicted octanol–water partition coefficient (Wildman–Crippen LogP) is 3.59. The third kappa shape index (κ3) is 4.44. The fraction of sp³-hybridized carbons (Fsp3) is 0.333. The van der Waals surface area contributed by atoms with E-state index in [1.54, 1.807) is 17.4 Å². The molecular weight excluding hydrogens is 306 g/mol. The number of carbonyl (C=O) groups is 1. The smallest absolute Gasteiger partial charge is 0.253 e. The summed E-state index contributed by atoms with van der Waals surface area (Å²) in [5.74, 6) is 0.442. The number of hydrogen-bond acceptors (Lipinski definition) is 4. The molecule has 1 unspecified atom stereocenters. The zero-order chi connectivity index (χ0) is 15.2. The monoisotopic (exact) mass is 323 g/mol. The average molecular weight is 324 g/mol. The molecule has 0 saturated carbocycles. The van der Waals surface area contributed by atoms with E-state index >= 15 is 0 Å². The second kappa shape index (κ2) is 7.43. The van der Waals surface area contributed by atoms with Crippen LogP contribution in [0.1, 0.15) is 29.8 Å². The van der Waals surface area contributed by atoms with Gasteiger partial charge in [0.05, 0.1) is 10.6 Å². The summed E-state index contributed by atoms with van der Waals surface area (Å²) in [4.78, 5) is 16.3. The zero-order valence-electron chi connectivity index (χ0n) is 12.0. The number of nitrogens with zero attached hydrogens (tertiary/aromatic N) is 1. The molecule has 0 aliphatic carbocycles. The van der Waals surface area contributed by atoms with Crippen LogP contribution in [0.25, 0.3) is 0 Å². The first kappa shape index (κ1) is 15.8. The van der Waals surface area contributed by atoms with Gasteiger partial charge in [0.1, 0.15) is 5.82 Å². The molecule has 0 fully saturated rings.